The summed E-state index contributed by atoms with van der Waals surface area (Å²) in [6, 6.07) is 1.83. The van der Waals surface area contributed by atoms with Gasteiger partial charge in [0, 0.05) is 12.7 Å². The SMILES string of the molecule is CCNCCCNc1ncc(Cl)cc1Br. The molecule has 0 saturated heterocycles. The molecule has 0 fully saturated rings. The lowest BCUT2D eigenvalue weighted by Crippen LogP contribution is -2.17. The normalized spacial score (nSPS) is 10.3. The highest BCUT2D eigenvalue weighted by Gasteiger charge is 2.00. The molecule has 0 aliphatic carbocycles. The molecule has 0 unspecified atom stereocenters. The zero-order valence-electron chi connectivity index (χ0n) is 8.69. The molecular formula is C10H15BrClN3. The molecule has 0 aliphatic heterocycles. The van der Waals surface area contributed by atoms with E-state index in [2.05, 4.69) is 38.5 Å². The molecule has 0 spiro atoms. The molecular weight excluding hydrogens is 277 g/mol. The fraction of sp³-hybridized carbons (Fsp3) is 0.500. The molecule has 1 rings (SSSR count). The van der Waals surface area contributed by atoms with Crippen molar-refractivity contribution in [3.8, 4) is 0 Å². The number of nitrogens with zero attached hydrogens (tertiary/aromatic N) is 1. The maximum absolute atomic E-state index is 5.79. The zero-order valence-corrected chi connectivity index (χ0v) is 11.0. The van der Waals surface area contributed by atoms with Gasteiger partial charge < -0.3 is 10.6 Å². The molecule has 15 heavy (non-hydrogen) atoms. The van der Waals surface area contributed by atoms with Crippen molar-refractivity contribution in [1.82, 2.24) is 10.3 Å². The first kappa shape index (κ1) is 12.7. The molecule has 1 aromatic rings. The Balaban J connectivity index is 2.31. The Labute approximate surface area is 104 Å². The molecule has 0 radical (unpaired) electrons. The molecule has 0 saturated carbocycles. The summed E-state index contributed by atoms with van der Waals surface area (Å²) in [7, 11) is 0. The van der Waals surface area contributed by atoms with Gasteiger partial charge in [0.25, 0.3) is 0 Å². The highest BCUT2D eigenvalue weighted by Crippen LogP contribution is 2.22. The molecule has 0 bridgehead atoms. The van der Waals surface area contributed by atoms with Gasteiger partial charge in [-0.05, 0) is 41.5 Å². The van der Waals surface area contributed by atoms with E-state index in [0.29, 0.717) is 5.02 Å². The minimum absolute atomic E-state index is 0.639. The molecule has 0 atom stereocenters. The van der Waals surface area contributed by atoms with Gasteiger partial charge in [-0.25, -0.2) is 4.98 Å². The molecule has 2 N–H and O–H groups in total. The molecule has 84 valence electrons. The number of aromatic nitrogens is 1. The van der Waals surface area contributed by atoms with E-state index in [-0.39, 0.29) is 0 Å². The summed E-state index contributed by atoms with van der Waals surface area (Å²) in [5.41, 5.74) is 0. The van der Waals surface area contributed by atoms with Crippen molar-refractivity contribution < 1.29 is 0 Å². The van der Waals surface area contributed by atoms with Gasteiger partial charge in [0.05, 0.1) is 9.50 Å². The Morgan fingerprint density at radius 2 is 2.27 bits per heavy atom. The first-order valence-electron chi connectivity index (χ1n) is 4.99. The van der Waals surface area contributed by atoms with Crippen LogP contribution in [0.25, 0.3) is 0 Å². The number of anilines is 1. The fourth-order valence-electron chi connectivity index (χ4n) is 1.14. The predicted molar refractivity (Wildman–Crippen MR) is 68.6 cm³/mol. The summed E-state index contributed by atoms with van der Waals surface area (Å²) >= 11 is 9.19. The second-order valence-corrected chi connectivity index (χ2v) is 4.41. The van der Waals surface area contributed by atoms with Crippen LogP contribution in [0.3, 0.4) is 0 Å². The van der Waals surface area contributed by atoms with Crippen LogP contribution in [0.5, 0.6) is 0 Å². The molecule has 0 aliphatic rings. The van der Waals surface area contributed by atoms with Crippen LogP contribution in [0.2, 0.25) is 5.02 Å². The monoisotopic (exact) mass is 291 g/mol. The van der Waals surface area contributed by atoms with Crippen molar-refractivity contribution in [1.29, 1.82) is 0 Å². The lowest BCUT2D eigenvalue weighted by Gasteiger charge is -2.07. The van der Waals surface area contributed by atoms with E-state index in [0.717, 1.165) is 36.3 Å². The van der Waals surface area contributed by atoms with Gasteiger partial charge in [-0.1, -0.05) is 18.5 Å². The third-order valence-electron chi connectivity index (χ3n) is 1.88. The van der Waals surface area contributed by atoms with Crippen molar-refractivity contribution in [2.24, 2.45) is 0 Å². The third kappa shape index (κ3) is 4.82. The molecule has 5 heteroatoms. The summed E-state index contributed by atoms with van der Waals surface area (Å²) in [5.74, 6) is 0.843. The molecule has 3 nitrogen and oxygen atoms in total. The zero-order chi connectivity index (χ0) is 11.1. The Kier molecular flexibility index (Phi) is 5.98. The quantitative estimate of drug-likeness (QED) is 0.792. The van der Waals surface area contributed by atoms with Crippen LogP contribution in [0.15, 0.2) is 16.7 Å². The number of rotatable bonds is 6. The fourth-order valence-corrected chi connectivity index (χ4v) is 1.92. The van der Waals surface area contributed by atoms with Gasteiger partial charge >= 0.3 is 0 Å². The standard InChI is InChI=1S/C10H15BrClN3/c1-2-13-4-3-5-14-10-9(11)6-8(12)7-15-10/h6-7,13H,2-5H2,1H3,(H,14,15). The summed E-state index contributed by atoms with van der Waals surface area (Å²) in [6.45, 7) is 5.04. The Bertz CT molecular complexity index is 307. The Hall–Kier alpha value is -0.320. The minimum atomic E-state index is 0.639. The van der Waals surface area contributed by atoms with E-state index >= 15 is 0 Å². The molecule has 1 aromatic heterocycles. The number of hydrogen-bond acceptors (Lipinski definition) is 3. The van der Waals surface area contributed by atoms with Crippen molar-refractivity contribution in [2.75, 3.05) is 25.0 Å². The second kappa shape index (κ2) is 7.04. The topological polar surface area (TPSA) is 37.0 Å². The number of nitrogens with one attached hydrogen (secondary N) is 2. The maximum Gasteiger partial charge on any atom is 0.140 e. The first-order chi connectivity index (χ1) is 7.24. The lowest BCUT2D eigenvalue weighted by atomic mass is 10.4. The van der Waals surface area contributed by atoms with Crippen molar-refractivity contribution in [2.45, 2.75) is 13.3 Å². The Morgan fingerprint density at radius 1 is 1.47 bits per heavy atom. The molecule has 0 aromatic carbocycles. The van der Waals surface area contributed by atoms with Gasteiger partial charge in [0.2, 0.25) is 0 Å². The van der Waals surface area contributed by atoms with Gasteiger partial charge in [-0.2, -0.15) is 0 Å². The van der Waals surface area contributed by atoms with E-state index < -0.39 is 0 Å². The molecule has 0 amide bonds. The smallest absolute Gasteiger partial charge is 0.140 e. The van der Waals surface area contributed by atoms with Gasteiger partial charge in [0.15, 0.2) is 0 Å². The van der Waals surface area contributed by atoms with Crippen LogP contribution in [-0.2, 0) is 0 Å². The third-order valence-corrected chi connectivity index (χ3v) is 2.69. The van der Waals surface area contributed by atoms with Crippen LogP contribution < -0.4 is 10.6 Å². The van der Waals surface area contributed by atoms with Gasteiger partial charge in [-0.15, -0.1) is 0 Å². The van der Waals surface area contributed by atoms with E-state index in [9.17, 15) is 0 Å². The second-order valence-electron chi connectivity index (χ2n) is 3.12. The van der Waals surface area contributed by atoms with Crippen molar-refractivity contribution in [3.05, 3.63) is 21.8 Å². The summed E-state index contributed by atoms with van der Waals surface area (Å²) < 4.78 is 0.901. The largest absolute Gasteiger partial charge is 0.369 e. The van der Waals surface area contributed by atoms with Gasteiger partial charge in [-0.3, -0.25) is 0 Å². The summed E-state index contributed by atoms with van der Waals surface area (Å²) in [5, 5.41) is 7.15. The number of halogens is 2. The maximum atomic E-state index is 5.79. The average molecular weight is 293 g/mol. The van der Waals surface area contributed by atoms with E-state index in [1.807, 2.05) is 6.07 Å². The highest BCUT2D eigenvalue weighted by molar-refractivity contribution is 9.10. The summed E-state index contributed by atoms with van der Waals surface area (Å²) in [6.07, 6.45) is 2.71. The first-order valence-corrected chi connectivity index (χ1v) is 6.16. The average Bonchev–Trinajstić information content (AvgIpc) is 2.20. The summed E-state index contributed by atoms with van der Waals surface area (Å²) in [4.78, 5) is 4.19. The lowest BCUT2D eigenvalue weighted by molar-refractivity contribution is 0.688. The minimum Gasteiger partial charge on any atom is -0.369 e. The number of hydrogen-bond donors (Lipinski definition) is 2. The van der Waals surface area contributed by atoms with Gasteiger partial charge in [0.1, 0.15) is 5.82 Å². The number of pyridine rings is 1. The highest BCUT2D eigenvalue weighted by atomic mass is 79.9. The van der Waals surface area contributed by atoms with E-state index in [1.165, 1.54) is 0 Å². The molecule has 1 heterocycles. The Morgan fingerprint density at radius 3 is 2.93 bits per heavy atom. The van der Waals surface area contributed by atoms with E-state index in [4.69, 9.17) is 11.6 Å². The predicted octanol–water partition coefficient (Wildman–Crippen LogP) is 2.91. The van der Waals surface area contributed by atoms with Crippen LogP contribution in [0, 0.1) is 0 Å². The van der Waals surface area contributed by atoms with Crippen molar-refractivity contribution >= 4 is 33.3 Å². The van der Waals surface area contributed by atoms with Crippen molar-refractivity contribution in [3.63, 3.8) is 0 Å². The van der Waals surface area contributed by atoms with Crippen LogP contribution >= 0.6 is 27.5 Å². The van der Waals surface area contributed by atoms with Crippen LogP contribution in [0.1, 0.15) is 13.3 Å². The van der Waals surface area contributed by atoms with Crippen LogP contribution in [0.4, 0.5) is 5.82 Å². The van der Waals surface area contributed by atoms with E-state index in [1.54, 1.807) is 6.20 Å². The van der Waals surface area contributed by atoms with Crippen LogP contribution in [-0.4, -0.2) is 24.6 Å².